The number of nitrogens with zero attached hydrogens (tertiary/aromatic N) is 5. The van der Waals surface area contributed by atoms with Crippen molar-refractivity contribution in [3.05, 3.63) is 42.5 Å². The van der Waals surface area contributed by atoms with E-state index >= 15 is 4.39 Å². The van der Waals surface area contributed by atoms with Gasteiger partial charge in [0, 0.05) is 28.7 Å². The summed E-state index contributed by atoms with van der Waals surface area (Å²) < 4.78 is 56.8. The number of nitrogens with one attached hydrogen (secondary N) is 1. The summed E-state index contributed by atoms with van der Waals surface area (Å²) in [7, 11) is -2.74. The second-order valence-electron chi connectivity index (χ2n) is 10.9. The van der Waals surface area contributed by atoms with Crippen molar-refractivity contribution in [2.24, 2.45) is 0 Å². The molecule has 3 fully saturated rings. The average molecular weight is 512 g/mol. The molecule has 2 saturated heterocycles. The molecule has 0 amide bonds. The number of phenolic OH excluding ortho intramolecular Hbond substituents is 1. The number of aromatic nitrogens is 4. The number of halogens is 2. The van der Waals surface area contributed by atoms with Crippen LogP contribution in [0, 0.1) is 5.82 Å². The Morgan fingerprint density at radius 3 is 2.68 bits per heavy atom. The Bertz CT molecular complexity index is 1440. The van der Waals surface area contributed by atoms with E-state index in [4.69, 9.17) is 8.85 Å². The molecule has 1 aliphatic carbocycles. The smallest absolute Gasteiger partial charge is 0.213 e. The van der Waals surface area contributed by atoms with E-state index in [0.717, 1.165) is 37.9 Å². The average Bonchev–Trinajstić information content (AvgIpc) is 3.68. The van der Waals surface area contributed by atoms with Gasteiger partial charge >= 0.3 is 0 Å². The molecule has 2 aliphatic heterocycles. The molecule has 4 atom stereocenters. The first-order valence-corrected chi connectivity index (χ1v) is 12.4. The lowest BCUT2D eigenvalue weighted by molar-refractivity contribution is 0.0831. The zero-order valence-corrected chi connectivity index (χ0v) is 20.6. The largest absolute Gasteiger partial charge is 0.507 e. The van der Waals surface area contributed by atoms with E-state index in [1.54, 1.807) is 12.3 Å². The van der Waals surface area contributed by atoms with Crippen LogP contribution in [-0.2, 0) is 0 Å². The Balaban J connectivity index is 1.26. The van der Waals surface area contributed by atoms with Gasteiger partial charge in [0.1, 0.15) is 17.7 Å². The van der Waals surface area contributed by atoms with Gasteiger partial charge in [-0.05, 0) is 63.6 Å². The van der Waals surface area contributed by atoms with E-state index in [9.17, 15) is 9.50 Å². The fourth-order valence-corrected chi connectivity index (χ4v) is 6.02. The van der Waals surface area contributed by atoms with Crippen LogP contribution in [-0.4, -0.2) is 61.6 Å². The second kappa shape index (κ2) is 8.58. The maximum atomic E-state index is 15.9. The molecule has 37 heavy (non-hydrogen) atoms. The van der Waals surface area contributed by atoms with E-state index in [1.165, 1.54) is 12.1 Å². The van der Waals surface area contributed by atoms with Crippen molar-refractivity contribution in [2.75, 3.05) is 11.9 Å². The van der Waals surface area contributed by atoms with Crippen LogP contribution in [0.25, 0.3) is 22.5 Å². The van der Waals surface area contributed by atoms with Gasteiger partial charge in [-0.3, -0.25) is 0 Å². The van der Waals surface area contributed by atoms with Gasteiger partial charge in [-0.2, -0.15) is 0 Å². The van der Waals surface area contributed by atoms with Crippen LogP contribution in [0.2, 0.25) is 0 Å². The molecule has 2 N–H and O–H groups in total. The highest BCUT2D eigenvalue weighted by Crippen LogP contribution is 2.48. The van der Waals surface area contributed by atoms with Gasteiger partial charge in [0.2, 0.25) is 5.88 Å². The molecule has 2 aromatic heterocycles. The minimum atomic E-state index is -2.74. The predicted octanol–water partition coefficient (Wildman–Crippen LogP) is 4.43. The van der Waals surface area contributed by atoms with Crippen LogP contribution in [0.1, 0.15) is 50.1 Å². The number of benzene rings is 1. The summed E-state index contributed by atoms with van der Waals surface area (Å²) in [5.74, 6) is -0.549. The standard InChI is InChI=1S/C27H30F2N6O2/c1-26-8-9-27(2,34-26)24(29)20(12-26)35(16-5-6-16)22-14-31-25(33-32-22)17-7-4-15(10-21(17)36)18-11-23(37-3)30-13-19(18)28/h4,7,10-11,13-14,16,20,24,34,36H,5-6,8-9,12H2,1-3H3/t20-,24-,26-,27+/m1/s1/i3D3. The molecule has 1 aromatic carbocycles. The summed E-state index contributed by atoms with van der Waals surface area (Å²) in [4.78, 5) is 10.1. The fraction of sp³-hybridized carbons (Fsp3) is 0.481. The molecule has 0 unspecified atom stereocenters. The fourth-order valence-electron chi connectivity index (χ4n) is 6.02. The summed E-state index contributed by atoms with van der Waals surface area (Å²) in [6, 6.07) is 5.39. The number of methoxy groups -OCH3 is 1. The highest BCUT2D eigenvalue weighted by molar-refractivity contribution is 5.73. The van der Waals surface area contributed by atoms with E-state index in [2.05, 4.69) is 32.4 Å². The van der Waals surface area contributed by atoms with Gasteiger partial charge in [-0.15, -0.1) is 10.2 Å². The number of anilines is 1. The molecule has 4 heterocycles. The van der Waals surface area contributed by atoms with Crippen LogP contribution in [0.15, 0.2) is 36.7 Å². The van der Waals surface area contributed by atoms with Crippen LogP contribution in [0.5, 0.6) is 11.6 Å². The van der Waals surface area contributed by atoms with Crippen LogP contribution in [0.4, 0.5) is 14.6 Å². The molecule has 2 bridgehead atoms. The summed E-state index contributed by atoms with van der Waals surface area (Å²) in [6.45, 7) is 4.11. The number of aromatic hydroxyl groups is 1. The normalized spacial score (nSPS) is 30.3. The minimum absolute atomic E-state index is 0.00433. The number of hydrogen-bond acceptors (Lipinski definition) is 8. The van der Waals surface area contributed by atoms with Gasteiger partial charge in [-0.1, -0.05) is 6.07 Å². The van der Waals surface area contributed by atoms with Gasteiger partial charge < -0.3 is 20.1 Å². The van der Waals surface area contributed by atoms with E-state index < -0.39 is 24.6 Å². The third-order valence-electron chi connectivity index (χ3n) is 7.99. The zero-order chi connectivity index (χ0) is 28.4. The molecule has 1 saturated carbocycles. The Morgan fingerprint density at radius 1 is 1.14 bits per heavy atom. The number of fused-ring (bicyclic) bond motifs is 2. The third kappa shape index (κ3) is 4.17. The third-order valence-corrected chi connectivity index (χ3v) is 7.99. The molecule has 3 aliphatic rings. The molecular formula is C27H30F2N6O2. The summed E-state index contributed by atoms with van der Waals surface area (Å²) >= 11 is 0. The highest BCUT2D eigenvalue weighted by atomic mass is 19.1. The topological polar surface area (TPSA) is 96.3 Å². The molecule has 8 nitrogen and oxygen atoms in total. The summed E-state index contributed by atoms with van der Waals surface area (Å²) in [5, 5.41) is 22.9. The highest BCUT2D eigenvalue weighted by Gasteiger charge is 2.58. The van der Waals surface area contributed by atoms with Gasteiger partial charge in [0.05, 0.1) is 35.1 Å². The van der Waals surface area contributed by atoms with E-state index in [-0.39, 0.29) is 51.8 Å². The maximum Gasteiger partial charge on any atom is 0.213 e. The first-order valence-electron chi connectivity index (χ1n) is 13.9. The van der Waals surface area contributed by atoms with Crippen molar-refractivity contribution in [1.29, 1.82) is 0 Å². The van der Waals surface area contributed by atoms with Crippen molar-refractivity contribution < 1.29 is 22.7 Å². The lowest BCUT2D eigenvalue weighted by Gasteiger charge is -2.48. The van der Waals surface area contributed by atoms with Crippen molar-refractivity contribution in [1.82, 2.24) is 25.5 Å². The molecular weight excluding hydrogens is 478 g/mol. The van der Waals surface area contributed by atoms with E-state index in [1.807, 2.05) is 11.8 Å². The monoisotopic (exact) mass is 511 g/mol. The molecule has 0 radical (unpaired) electrons. The lowest BCUT2D eigenvalue weighted by atomic mass is 9.82. The lowest BCUT2D eigenvalue weighted by Crippen LogP contribution is -2.66. The number of pyridine rings is 1. The van der Waals surface area contributed by atoms with Crippen molar-refractivity contribution in [2.45, 2.75) is 75.3 Å². The zero-order valence-electron chi connectivity index (χ0n) is 23.6. The Hall–Kier alpha value is -3.40. The van der Waals surface area contributed by atoms with Gasteiger partial charge in [0.25, 0.3) is 0 Å². The molecule has 3 aromatic rings. The van der Waals surface area contributed by atoms with Crippen molar-refractivity contribution >= 4 is 5.82 Å². The molecule has 0 spiro atoms. The summed E-state index contributed by atoms with van der Waals surface area (Å²) in [5.41, 5.74) is -0.149. The number of rotatable bonds is 6. The number of piperidine rings is 1. The summed E-state index contributed by atoms with van der Waals surface area (Å²) in [6.07, 6.45) is 5.65. The van der Waals surface area contributed by atoms with Gasteiger partial charge in [-0.25, -0.2) is 18.7 Å². The van der Waals surface area contributed by atoms with Gasteiger partial charge in [0.15, 0.2) is 11.6 Å². The van der Waals surface area contributed by atoms with Crippen molar-refractivity contribution in [3.63, 3.8) is 0 Å². The van der Waals surface area contributed by atoms with Crippen LogP contribution >= 0.6 is 0 Å². The molecule has 6 rings (SSSR count). The number of alkyl halides is 1. The minimum Gasteiger partial charge on any atom is -0.507 e. The Kier molecular flexibility index (Phi) is 4.78. The first-order chi connectivity index (χ1) is 18.8. The quantitative estimate of drug-likeness (QED) is 0.502. The number of hydrogen-bond donors (Lipinski definition) is 2. The Morgan fingerprint density at radius 2 is 1.97 bits per heavy atom. The van der Waals surface area contributed by atoms with Crippen LogP contribution < -0.4 is 15.0 Å². The van der Waals surface area contributed by atoms with Crippen LogP contribution in [0.3, 0.4) is 0 Å². The predicted molar refractivity (Wildman–Crippen MR) is 135 cm³/mol. The Labute approximate surface area is 218 Å². The molecule has 10 heteroatoms. The first kappa shape index (κ1) is 20.6. The van der Waals surface area contributed by atoms with E-state index in [0.29, 0.717) is 12.2 Å². The number of ether oxygens (including phenoxy) is 1. The number of phenols is 1. The molecule has 194 valence electrons. The SMILES string of the molecule is [2H]C([2H])([2H])Oc1cc(-c2ccc(-c3ncc(N(C4CC4)[C@@H]4C[C@@]5(C)CC[C@](C)(N5)[C@@H]4F)nn3)c(O)c2)c(F)cn1. The van der Waals surface area contributed by atoms with Crippen molar-refractivity contribution in [3.8, 4) is 34.1 Å². The second-order valence-corrected chi connectivity index (χ2v) is 10.9. The maximum absolute atomic E-state index is 15.9.